The number of ether oxygens (including phenoxy) is 2. The Morgan fingerprint density at radius 2 is 1.54 bits per heavy atom. The third-order valence-electron chi connectivity index (χ3n) is 5.91. The standard InChI is InChI=1S/C31H31N3O6S/c1-5-39-26-15-22(9-10-25(26)40-18-29(36)32-23-8-6-7-19(2)12-23)16-27-30(37)34(31(38)41-27)17-28(35)33-24-13-20(3)11-21(4)14-24/h6-16H,5,17-18H2,1-4H3,(H,32,36)(H,33,35)/b27-16+. The third-order valence-corrected chi connectivity index (χ3v) is 6.81. The number of amides is 4. The largest absolute Gasteiger partial charge is 0.490 e. The number of carbonyl (C=O) groups is 4. The van der Waals surface area contributed by atoms with E-state index in [2.05, 4.69) is 10.6 Å². The molecule has 4 rings (SSSR count). The third kappa shape index (κ3) is 7.98. The van der Waals surface area contributed by atoms with Gasteiger partial charge in [0, 0.05) is 11.4 Å². The smallest absolute Gasteiger partial charge is 0.294 e. The molecule has 9 nitrogen and oxygen atoms in total. The van der Waals surface area contributed by atoms with Crippen molar-refractivity contribution in [3.8, 4) is 11.5 Å². The molecule has 3 aromatic carbocycles. The lowest BCUT2D eigenvalue weighted by atomic mass is 10.1. The number of hydrogen-bond donors (Lipinski definition) is 2. The Kier molecular flexibility index (Phi) is 9.46. The first kappa shape index (κ1) is 29.4. The Hall–Kier alpha value is -4.57. The summed E-state index contributed by atoms with van der Waals surface area (Å²) in [6, 6.07) is 18.1. The van der Waals surface area contributed by atoms with Gasteiger partial charge in [-0.1, -0.05) is 24.3 Å². The lowest BCUT2D eigenvalue weighted by molar-refractivity contribution is -0.127. The molecule has 1 aliphatic rings. The second kappa shape index (κ2) is 13.2. The van der Waals surface area contributed by atoms with Crippen molar-refractivity contribution in [3.05, 3.63) is 87.8 Å². The van der Waals surface area contributed by atoms with E-state index in [1.807, 2.05) is 64.1 Å². The molecular weight excluding hydrogens is 542 g/mol. The normalized spacial score (nSPS) is 13.9. The molecule has 2 N–H and O–H groups in total. The van der Waals surface area contributed by atoms with Gasteiger partial charge in [0.15, 0.2) is 18.1 Å². The minimum atomic E-state index is -0.554. The van der Waals surface area contributed by atoms with Crippen LogP contribution in [0.3, 0.4) is 0 Å². The van der Waals surface area contributed by atoms with Crippen molar-refractivity contribution < 1.29 is 28.7 Å². The lowest BCUT2D eigenvalue weighted by Gasteiger charge is -2.13. The van der Waals surface area contributed by atoms with E-state index in [0.717, 1.165) is 33.4 Å². The molecule has 0 bridgehead atoms. The molecule has 1 fully saturated rings. The summed E-state index contributed by atoms with van der Waals surface area (Å²) in [7, 11) is 0. The fraction of sp³-hybridized carbons (Fsp3) is 0.226. The minimum Gasteiger partial charge on any atom is -0.490 e. The molecule has 0 spiro atoms. The molecule has 1 aliphatic heterocycles. The van der Waals surface area contributed by atoms with Gasteiger partial charge in [-0.05, 0) is 104 Å². The minimum absolute atomic E-state index is 0.183. The lowest BCUT2D eigenvalue weighted by Crippen LogP contribution is -2.36. The van der Waals surface area contributed by atoms with E-state index in [1.165, 1.54) is 0 Å². The number of imide groups is 1. The first-order valence-electron chi connectivity index (χ1n) is 13.0. The Bertz CT molecular complexity index is 1510. The first-order valence-corrected chi connectivity index (χ1v) is 13.8. The Balaban J connectivity index is 1.41. The van der Waals surface area contributed by atoms with Crippen LogP contribution in [0.2, 0.25) is 0 Å². The van der Waals surface area contributed by atoms with Gasteiger partial charge in [-0.25, -0.2) is 0 Å². The van der Waals surface area contributed by atoms with Gasteiger partial charge in [-0.2, -0.15) is 0 Å². The zero-order valence-electron chi connectivity index (χ0n) is 23.3. The average Bonchev–Trinajstić information content (AvgIpc) is 3.15. The number of nitrogens with one attached hydrogen (secondary N) is 2. The van der Waals surface area contributed by atoms with Gasteiger partial charge in [-0.3, -0.25) is 24.1 Å². The summed E-state index contributed by atoms with van der Waals surface area (Å²) in [5, 5.41) is 5.01. The Labute approximate surface area is 242 Å². The number of thioether (sulfide) groups is 1. The molecule has 212 valence electrons. The monoisotopic (exact) mass is 573 g/mol. The van der Waals surface area contributed by atoms with Crippen molar-refractivity contribution in [1.82, 2.24) is 4.90 Å². The van der Waals surface area contributed by atoms with Gasteiger partial charge in [0.1, 0.15) is 6.54 Å². The maximum atomic E-state index is 13.0. The van der Waals surface area contributed by atoms with Crippen LogP contribution in [0.25, 0.3) is 6.08 Å². The van der Waals surface area contributed by atoms with Gasteiger partial charge in [0.2, 0.25) is 5.91 Å². The number of benzene rings is 3. The van der Waals surface area contributed by atoms with Crippen LogP contribution in [-0.4, -0.2) is 47.6 Å². The van der Waals surface area contributed by atoms with Crippen molar-refractivity contribution in [1.29, 1.82) is 0 Å². The summed E-state index contributed by atoms with van der Waals surface area (Å²) in [6.45, 7) is 7.32. The molecule has 0 saturated carbocycles. The van der Waals surface area contributed by atoms with E-state index in [-0.39, 0.29) is 17.4 Å². The Morgan fingerprint density at radius 1 is 0.829 bits per heavy atom. The summed E-state index contributed by atoms with van der Waals surface area (Å²) >= 11 is 0.763. The van der Waals surface area contributed by atoms with Crippen LogP contribution >= 0.6 is 11.8 Å². The fourth-order valence-electron chi connectivity index (χ4n) is 4.24. The molecule has 10 heteroatoms. The molecule has 0 atom stereocenters. The summed E-state index contributed by atoms with van der Waals surface area (Å²) in [4.78, 5) is 51.6. The average molecular weight is 574 g/mol. The van der Waals surface area contributed by atoms with Crippen LogP contribution in [0.4, 0.5) is 16.2 Å². The van der Waals surface area contributed by atoms with Gasteiger partial charge in [0.05, 0.1) is 11.5 Å². The number of anilines is 2. The molecule has 1 heterocycles. The highest BCUT2D eigenvalue weighted by Crippen LogP contribution is 2.34. The summed E-state index contributed by atoms with van der Waals surface area (Å²) in [5.41, 5.74) is 4.88. The zero-order valence-corrected chi connectivity index (χ0v) is 24.1. The van der Waals surface area contributed by atoms with Crippen LogP contribution in [-0.2, 0) is 14.4 Å². The van der Waals surface area contributed by atoms with Gasteiger partial charge in [0.25, 0.3) is 17.1 Å². The van der Waals surface area contributed by atoms with Crippen molar-refractivity contribution in [3.63, 3.8) is 0 Å². The van der Waals surface area contributed by atoms with Gasteiger partial charge in [-0.15, -0.1) is 0 Å². The topological polar surface area (TPSA) is 114 Å². The van der Waals surface area contributed by atoms with E-state index >= 15 is 0 Å². The van der Waals surface area contributed by atoms with Crippen LogP contribution < -0.4 is 20.1 Å². The molecule has 0 aromatic heterocycles. The summed E-state index contributed by atoms with van der Waals surface area (Å²) in [5.74, 6) is -0.597. The number of carbonyl (C=O) groups excluding carboxylic acids is 4. The zero-order chi connectivity index (χ0) is 29.5. The highest BCUT2D eigenvalue weighted by Gasteiger charge is 2.36. The molecule has 3 aromatic rings. The van der Waals surface area contributed by atoms with Crippen molar-refractivity contribution in [2.24, 2.45) is 0 Å². The van der Waals surface area contributed by atoms with Crippen molar-refractivity contribution in [2.45, 2.75) is 27.7 Å². The number of aryl methyl sites for hydroxylation is 3. The number of nitrogens with zero attached hydrogens (tertiary/aromatic N) is 1. The van der Waals surface area contributed by atoms with Crippen LogP contribution in [0.15, 0.2) is 65.6 Å². The van der Waals surface area contributed by atoms with Gasteiger partial charge >= 0.3 is 0 Å². The maximum Gasteiger partial charge on any atom is 0.294 e. The van der Waals surface area contributed by atoms with E-state index < -0.39 is 23.6 Å². The van der Waals surface area contributed by atoms with Crippen molar-refractivity contribution >= 4 is 52.2 Å². The molecular formula is C31H31N3O6S. The van der Waals surface area contributed by atoms with E-state index in [1.54, 1.807) is 30.3 Å². The van der Waals surface area contributed by atoms with E-state index in [4.69, 9.17) is 9.47 Å². The van der Waals surface area contributed by atoms with Crippen molar-refractivity contribution in [2.75, 3.05) is 30.4 Å². The highest BCUT2D eigenvalue weighted by molar-refractivity contribution is 8.18. The molecule has 0 unspecified atom stereocenters. The molecule has 1 saturated heterocycles. The molecule has 0 aliphatic carbocycles. The quantitative estimate of drug-likeness (QED) is 0.299. The Morgan fingerprint density at radius 3 is 2.24 bits per heavy atom. The van der Waals surface area contributed by atoms with Crippen LogP contribution in [0.5, 0.6) is 11.5 Å². The van der Waals surface area contributed by atoms with Crippen LogP contribution in [0, 0.1) is 20.8 Å². The van der Waals surface area contributed by atoms with E-state index in [0.29, 0.717) is 35.0 Å². The maximum absolute atomic E-state index is 13.0. The summed E-state index contributed by atoms with van der Waals surface area (Å²) < 4.78 is 11.4. The molecule has 0 radical (unpaired) electrons. The van der Waals surface area contributed by atoms with Crippen LogP contribution in [0.1, 0.15) is 29.2 Å². The molecule has 41 heavy (non-hydrogen) atoms. The van der Waals surface area contributed by atoms with Gasteiger partial charge < -0.3 is 20.1 Å². The number of rotatable bonds is 10. The predicted molar refractivity (Wildman–Crippen MR) is 160 cm³/mol. The van der Waals surface area contributed by atoms with E-state index in [9.17, 15) is 19.2 Å². The SMILES string of the molecule is CCOc1cc(/C=C2/SC(=O)N(CC(=O)Nc3cc(C)cc(C)c3)C2=O)ccc1OCC(=O)Nc1cccc(C)c1. The highest BCUT2D eigenvalue weighted by atomic mass is 32.2. The fourth-order valence-corrected chi connectivity index (χ4v) is 5.08. The second-order valence-corrected chi connectivity index (χ2v) is 10.5. The first-order chi connectivity index (χ1) is 19.6. The second-order valence-electron chi connectivity index (χ2n) is 9.54. The predicted octanol–water partition coefficient (Wildman–Crippen LogP) is 5.70. The molecule has 4 amide bonds. The number of hydrogen-bond acceptors (Lipinski definition) is 7. The summed E-state index contributed by atoms with van der Waals surface area (Å²) in [6.07, 6.45) is 1.56.